The number of aliphatic imine (C=N–C) groups is 1. The SMILES string of the molecule is CN1C(=O)C2(N=C(c3ccccc3)N3CCc4cc(Cl)cc2c43)c2ccccc21. The number of carbonyl (C=O) groups excluding carboxylic acids is 1. The van der Waals surface area contributed by atoms with Gasteiger partial charge in [-0.15, -0.1) is 0 Å². The van der Waals surface area contributed by atoms with Crippen molar-refractivity contribution in [3.63, 3.8) is 0 Å². The van der Waals surface area contributed by atoms with Gasteiger partial charge >= 0.3 is 0 Å². The third-order valence-electron chi connectivity index (χ3n) is 6.25. The van der Waals surface area contributed by atoms with E-state index in [9.17, 15) is 4.79 Å². The maximum atomic E-state index is 13.8. The molecule has 3 aromatic rings. The van der Waals surface area contributed by atoms with Crippen molar-refractivity contribution in [3.05, 3.63) is 94.0 Å². The smallest absolute Gasteiger partial charge is 0.264 e. The van der Waals surface area contributed by atoms with E-state index in [1.54, 1.807) is 4.90 Å². The van der Waals surface area contributed by atoms with Crippen molar-refractivity contribution in [1.29, 1.82) is 0 Å². The van der Waals surface area contributed by atoms with Gasteiger partial charge in [0.15, 0.2) is 5.54 Å². The van der Waals surface area contributed by atoms with Crippen LogP contribution < -0.4 is 9.80 Å². The Labute approximate surface area is 174 Å². The molecule has 1 unspecified atom stereocenters. The van der Waals surface area contributed by atoms with Gasteiger partial charge in [-0.1, -0.05) is 60.1 Å². The molecule has 0 aliphatic carbocycles. The number of halogens is 1. The number of anilines is 2. The topological polar surface area (TPSA) is 35.9 Å². The zero-order valence-electron chi connectivity index (χ0n) is 15.9. The molecule has 1 spiro atoms. The minimum Gasteiger partial charge on any atom is -0.325 e. The fraction of sp³-hybridized carbons (Fsp3) is 0.167. The van der Waals surface area contributed by atoms with Crippen molar-refractivity contribution in [1.82, 2.24) is 0 Å². The van der Waals surface area contributed by atoms with Gasteiger partial charge in [0.25, 0.3) is 5.91 Å². The van der Waals surface area contributed by atoms with Crippen LogP contribution in [0, 0.1) is 0 Å². The number of para-hydroxylation sites is 1. The Bertz CT molecular complexity index is 1220. The Kier molecular flexibility index (Phi) is 3.31. The molecule has 0 aromatic heterocycles. The number of carbonyl (C=O) groups is 1. The highest BCUT2D eigenvalue weighted by molar-refractivity contribution is 6.31. The summed E-state index contributed by atoms with van der Waals surface area (Å²) in [6.45, 7) is 0.832. The molecule has 142 valence electrons. The lowest BCUT2D eigenvalue weighted by Crippen LogP contribution is -2.46. The Hall–Kier alpha value is -3.11. The van der Waals surface area contributed by atoms with Crippen LogP contribution in [0.5, 0.6) is 0 Å². The molecule has 29 heavy (non-hydrogen) atoms. The fourth-order valence-corrected chi connectivity index (χ4v) is 5.23. The summed E-state index contributed by atoms with van der Waals surface area (Å²) in [7, 11) is 1.82. The van der Waals surface area contributed by atoms with E-state index in [1.165, 1.54) is 5.56 Å². The van der Waals surface area contributed by atoms with E-state index < -0.39 is 5.54 Å². The molecule has 3 heterocycles. The number of amidine groups is 1. The van der Waals surface area contributed by atoms with Gasteiger partial charge in [-0.25, -0.2) is 4.99 Å². The Morgan fingerprint density at radius 1 is 1.00 bits per heavy atom. The number of nitrogens with zero attached hydrogens (tertiary/aromatic N) is 3. The van der Waals surface area contributed by atoms with Crippen molar-refractivity contribution in [2.45, 2.75) is 12.0 Å². The average molecular weight is 400 g/mol. The molecule has 0 fully saturated rings. The number of fused-ring (bicyclic) bond motifs is 3. The highest BCUT2D eigenvalue weighted by Gasteiger charge is 2.56. The third kappa shape index (κ3) is 2.04. The van der Waals surface area contributed by atoms with Crippen LogP contribution in [0.4, 0.5) is 11.4 Å². The zero-order valence-corrected chi connectivity index (χ0v) is 16.6. The lowest BCUT2D eigenvalue weighted by Gasteiger charge is -2.37. The van der Waals surface area contributed by atoms with E-state index in [-0.39, 0.29) is 5.91 Å². The minimum atomic E-state index is -1.10. The fourth-order valence-electron chi connectivity index (χ4n) is 4.99. The van der Waals surface area contributed by atoms with Gasteiger partial charge in [0.1, 0.15) is 5.84 Å². The molecule has 3 aliphatic rings. The largest absolute Gasteiger partial charge is 0.325 e. The van der Waals surface area contributed by atoms with Crippen LogP contribution >= 0.6 is 11.6 Å². The number of amides is 1. The molecule has 4 nitrogen and oxygen atoms in total. The summed E-state index contributed by atoms with van der Waals surface area (Å²) >= 11 is 6.51. The summed E-state index contributed by atoms with van der Waals surface area (Å²) < 4.78 is 0. The first-order chi connectivity index (χ1) is 14.1. The summed E-state index contributed by atoms with van der Waals surface area (Å²) in [4.78, 5) is 23.0. The molecule has 1 atom stereocenters. The quantitative estimate of drug-likeness (QED) is 0.608. The Balaban J connectivity index is 1.75. The van der Waals surface area contributed by atoms with Crippen molar-refractivity contribution in [3.8, 4) is 0 Å². The number of hydrogen-bond donors (Lipinski definition) is 0. The highest BCUT2D eigenvalue weighted by Crippen LogP contribution is 2.54. The van der Waals surface area contributed by atoms with Crippen LogP contribution in [0.25, 0.3) is 0 Å². The van der Waals surface area contributed by atoms with Crippen LogP contribution in [-0.4, -0.2) is 25.3 Å². The van der Waals surface area contributed by atoms with E-state index >= 15 is 0 Å². The van der Waals surface area contributed by atoms with Gasteiger partial charge in [0, 0.05) is 41.0 Å². The molecule has 6 rings (SSSR count). The van der Waals surface area contributed by atoms with E-state index in [0.717, 1.165) is 46.9 Å². The molecule has 0 N–H and O–H groups in total. The molecular weight excluding hydrogens is 382 g/mol. The first-order valence-electron chi connectivity index (χ1n) is 9.74. The van der Waals surface area contributed by atoms with Crippen molar-refractivity contribution in [2.75, 3.05) is 23.4 Å². The minimum absolute atomic E-state index is 0.0388. The standard InChI is InChI=1S/C24H18ClN3O/c1-27-20-10-6-5-9-18(20)24(23(27)29)19-14-17(25)13-16-11-12-28(21(16)19)22(26-24)15-7-3-2-4-8-15/h2-10,13-14H,11-12H2,1H3. The Morgan fingerprint density at radius 3 is 2.59 bits per heavy atom. The van der Waals surface area contributed by atoms with E-state index in [1.807, 2.05) is 61.6 Å². The second-order valence-corrected chi connectivity index (χ2v) is 8.19. The molecule has 3 aliphatic heterocycles. The summed E-state index contributed by atoms with van der Waals surface area (Å²) in [6, 6.07) is 22.0. The van der Waals surface area contributed by atoms with Gasteiger partial charge in [0.2, 0.25) is 0 Å². The highest BCUT2D eigenvalue weighted by atomic mass is 35.5. The summed E-state index contributed by atoms with van der Waals surface area (Å²) in [5.41, 5.74) is 4.87. The van der Waals surface area contributed by atoms with Gasteiger partial charge < -0.3 is 9.80 Å². The maximum absolute atomic E-state index is 13.8. The summed E-state index contributed by atoms with van der Waals surface area (Å²) in [5.74, 6) is 0.806. The second kappa shape index (κ2) is 5.71. The number of likely N-dealkylation sites (N-methyl/N-ethyl adjacent to an activating group) is 1. The Morgan fingerprint density at radius 2 is 1.76 bits per heavy atom. The molecule has 0 radical (unpaired) electrons. The van der Waals surface area contributed by atoms with E-state index in [4.69, 9.17) is 16.6 Å². The van der Waals surface area contributed by atoms with Crippen molar-refractivity contribution < 1.29 is 4.79 Å². The van der Waals surface area contributed by atoms with Gasteiger partial charge in [-0.3, -0.25) is 4.79 Å². The number of rotatable bonds is 1. The lowest BCUT2D eigenvalue weighted by atomic mass is 9.81. The van der Waals surface area contributed by atoms with Gasteiger partial charge in [-0.05, 0) is 30.2 Å². The molecule has 3 aromatic carbocycles. The maximum Gasteiger partial charge on any atom is 0.264 e. The van der Waals surface area contributed by atoms with E-state index in [0.29, 0.717) is 5.02 Å². The molecule has 1 amide bonds. The molecule has 0 saturated heterocycles. The molecule has 0 saturated carbocycles. The van der Waals surface area contributed by atoms with Gasteiger partial charge in [-0.2, -0.15) is 0 Å². The van der Waals surface area contributed by atoms with Crippen LogP contribution in [0.1, 0.15) is 22.3 Å². The first kappa shape index (κ1) is 16.8. The number of hydrogen-bond acceptors (Lipinski definition) is 3. The summed E-state index contributed by atoms with van der Waals surface area (Å²) in [6.07, 6.45) is 0.885. The van der Waals surface area contributed by atoms with Crippen LogP contribution in [-0.2, 0) is 16.8 Å². The normalized spacial score (nSPS) is 21.4. The lowest BCUT2D eigenvalue weighted by molar-refractivity contribution is -0.121. The second-order valence-electron chi connectivity index (χ2n) is 7.76. The predicted molar refractivity (Wildman–Crippen MR) is 116 cm³/mol. The third-order valence-corrected chi connectivity index (χ3v) is 6.47. The monoisotopic (exact) mass is 399 g/mol. The molecular formula is C24H18ClN3O. The first-order valence-corrected chi connectivity index (χ1v) is 10.1. The summed E-state index contributed by atoms with van der Waals surface area (Å²) in [5, 5.41) is 0.651. The zero-order chi connectivity index (χ0) is 19.8. The van der Waals surface area contributed by atoms with Crippen LogP contribution in [0.3, 0.4) is 0 Å². The van der Waals surface area contributed by atoms with Crippen LogP contribution in [0.2, 0.25) is 5.02 Å². The van der Waals surface area contributed by atoms with Gasteiger partial charge in [0.05, 0.1) is 5.69 Å². The van der Waals surface area contributed by atoms with Crippen LogP contribution in [0.15, 0.2) is 71.7 Å². The molecule has 5 heteroatoms. The predicted octanol–water partition coefficient (Wildman–Crippen LogP) is 4.38. The van der Waals surface area contributed by atoms with E-state index in [2.05, 4.69) is 17.0 Å². The number of benzene rings is 3. The van der Waals surface area contributed by atoms with Crippen molar-refractivity contribution in [2.24, 2.45) is 4.99 Å². The van der Waals surface area contributed by atoms with Crippen molar-refractivity contribution >= 4 is 34.7 Å². The molecule has 0 bridgehead atoms. The average Bonchev–Trinajstić information content (AvgIpc) is 3.26.